The third-order valence-corrected chi connectivity index (χ3v) is 3.43. The third kappa shape index (κ3) is 7.48. The van der Waals surface area contributed by atoms with E-state index in [1.165, 1.54) is 0 Å². The number of hydrogen-bond donors (Lipinski definition) is 1. The van der Waals surface area contributed by atoms with E-state index in [1.807, 2.05) is 57.2 Å². The fourth-order valence-electron chi connectivity index (χ4n) is 1.46. The monoisotopic (exact) mass is 367 g/mol. The van der Waals surface area contributed by atoms with E-state index in [2.05, 4.69) is 22.5 Å². The van der Waals surface area contributed by atoms with E-state index in [9.17, 15) is 0 Å². The van der Waals surface area contributed by atoms with Gasteiger partial charge in [0.1, 0.15) is 18.1 Å². The van der Waals surface area contributed by atoms with Gasteiger partial charge in [-0.15, -0.1) is 0 Å². The summed E-state index contributed by atoms with van der Waals surface area (Å²) in [6.07, 6.45) is 3.87. The standard InChI is InChI=1S/C16H20BrNO2.C2H6/c1-4-13(10-18)9-16(17)12(2)20-11-14-5-7-15(19-3)8-6-14;1-2/h4-9H,2,10-11,18H2,1,3H3;1-2H3/b13-4+,16-9+;. The molecule has 122 valence electrons. The average Bonchev–Trinajstić information content (AvgIpc) is 2.59. The van der Waals surface area contributed by atoms with Crippen molar-refractivity contribution in [1.29, 1.82) is 0 Å². The predicted molar refractivity (Wildman–Crippen MR) is 98.1 cm³/mol. The highest BCUT2D eigenvalue weighted by Gasteiger charge is 2.02. The summed E-state index contributed by atoms with van der Waals surface area (Å²) in [4.78, 5) is 0. The van der Waals surface area contributed by atoms with Gasteiger partial charge in [-0.25, -0.2) is 0 Å². The van der Waals surface area contributed by atoms with Crippen LogP contribution in [-0.2, 0) is 11.3 Å². The van der Waals surface area contributed by atoms with Crippen molar-refractivity contribution in [3.63, 3.8) is 0 Å². The molecule has 0 fully saturated rings. The molecule has 0 radical (unpaired) electrons. The maximum atomic E-state index is 5.63. The zero-order valence-electron chi connectivity index (χ0n) is 13.9. The number of hydrogen-bond acceptors (Lipinski definition) is 3. The van der Waals surface area contributed by atoms with E-state index >= 15 is 0 Å². The molecule has 2 N–H and O–H groups in total. The molecule has 0 aliphatic carbocycles. The van der Waals surface area contributed by atoms with Crippen LogP contribution in [0.2, 0.25) is 0 Å². The molecule has 22 heavy (non-hydrogen) atoms. The van der Waals surface area contributed by atoms with Crippen molar-refractivity contribution in [3.05, 3.63) is 64.4 Å². The Kier molecular flexibility index (Phi) is 11.2. The summed E-state index contributed by atoms with van der Waals surface area (Å²) < 4.78 is 11.5. The summed E-state index contributed by atoms with van der Waals surface area (Å²) in [5, 5.41) is 0. The normalized spacial score (nSPS) is 11.4. The molecule has 1 rings (SSSR count). The quantitative estimate of drug-likeness (QED) is 0.548. The Bertz CT molecular complexity index is 504. The topological polar surface area (TPSA) is 44.5 Å². The molecule has 0 saturated carbocycles. The Morgan fingerprint density at radius 2 is 1.86 bits per heavy atom. The Labute approximate surface area is 142 Å². The van der Waals surface area contributed by atoms with Crippen LogP contribution in [0.3, 0.4) is 0 Å². The fraction of sp³-hybridized carbons (Fsp3) is 0.333. The molecule has 0 amide bonds. The summed E-state index contributed by atoms with van der Waals surface area (Å²) in [5.74, 6) is 1.41. The van der Waals surface area contributed by atoms with Gasteiger partial charge >= 0.3 is 0 Å². The first-order valence-corrected chi connectivity index (χ1v) is 8.07. The van der Waals surface area contributed by atoms with Gasteiger partial charge in [0, 0.05) is 6.54 Å². The molecule has 0 saturated heterocycles. The highest BCUT2D eigenvalue weighted by molar-refractivity contribution is 9.11. The number of benzene rings is 1. The smallest absolute Gasteiger partial charge is 0.126 e. The molecule has 3 nitrogen and oxygen atoms in total. The van der Waals surface area contributed by atoms with Crippen LogP contribution in [-0.4, -0.2) is 13.7 Å². The van der Waals surface area contributed by atoms with Crippen molar-refractivity contribution in [2.75, 3.05) is 13.7 Å². The van der Waals surface area contributed by atoms with Crippen molar-refractivity contribution in [3.8, 4) is 5.75 Å². The van der Waals surface area contributed by atoms with E-state index in [1.54, 1.807) is 7.11 Å². The number of allylic oxidation sites excluding steroid dienone is 2. The number of rotatable bonds is 7. The second-order valence-electron chi connectivity index (χ2n) is 4.12. The largest absolute Gasteiger partial charge is 0.497 e. The zero-order chi connectivity index (χ0) is 17.0. The molecule has 1 aromatic carbocycles. The van der Waals surface area contributed by atoms with Crippen LogP contribution in [0.5, 0.6) is 5.75 Å². The van der Waals surface area contributed by atoms with Crippen molar-refractivity contribution in [2.45, 2.75) is 27.4 Å². The first-order chi connectivity index (χ1) is 10.6. The minimum atomic E-state index is 0.458. The number of halogens is 1. The second kappa shape index (κ2) is 12.1. The lowest BCUT2D eigenvalue weighted by molar-refractivity contribution is 0.211. The molecule has 0 spiro atoms. The van der Waals surface area contributed by atoms with Gasteiger partial charge in [0.2, 0.25) is 0 Å². The van der Waals surface area contributed by atoms with Crippen molar-refractivity contribution >= 4 is 15.9 Å². The lowest BCUT2D eigenvalue weighted by atomic mass is 10.2. The van der Waals surface area contributed by atoms with Crippen LogP contribution in [0.25, 0.3) is 0 Å². The Morgan fingerprint density at radius 3 is 2.32 bits per heavy atom. The maximum absolute atomic E-state index is 5.63. The minimum absolute atomic E-state index is 0.458. The van der Waals surface area contributed by atoms with Gasteiger partial charge in [0.25, 0.3) is 0 Å². The van der Waals surface area contributed by atoms with Gasteiger partial charge < -0.3 is 15.2 Å². The molecular weight excluding hydrogens is 342 g/mol. The SMILES string of the molecule is C=C(OCc1ccc(OC)cc1)/C(Br)=C\C(=C/C)CN.CC. The molecule has 0 atom stereocenters. The van der Waals surface area contributed by atoms with Crippen LogP contribution in [0.1, 0.15) is 26.3 Å². The van der Waals surface area contributed by atoms with E-state index in [0.29, 0.717) is 18.9 Å². The van der Waals surface area contributed by atoms with Crippen molar-refractivity contribution in [1.82, 2.24) is 0 Å². The van der Waals surface area contributed by atoms with E-state index in [4.69, 9.17) is 15.2 Å². The highest BCUT2D eigenvalue weighted by atomic mass is 79.9. The lowest BCUT2D eigenvalue weighted by Gasteiger charge is -2.09. The molecule has 0 heterocycles. The number of ether oxygens (including phenoxy) is 2. The molecule has 0 bridgehead atoms. The maximum Gasteiger partial charge on any atom is 0.126 e. The van der Waals surface area contributed by atoms with E-state index in [0.717, 1.165) is 21.4 Å². The third-order valence-electron chi connectivity index (χ3n) is 2.76. The van der Waals surface area contributed by atoms with Crippen LogP contribution >= 0.6 is 15.9 Å². The van der Waals surface area contributed by atoms with Gasteiger partial charge in [0.05, 0.1) is 11.6 Å². The first kappa shape index (κ1) is 20.5. The summed E-state index contributed by atoms with van der Waals surface area (Å²) in [6, 6.07) is 7.72. The average molecular weight is 368 g/mol. The number of methoxy groups -OCH3 is 1. The molecule has 0 unspecified atom stereocenters. The Balaban J connectivity index is 0.00000211. The molecular formula is C18H26BrNO2. The summed E-state index contributed by atoms with van der Waals surface area (Å²) in [7, 11) is 1.64. The summed E-state index contributed by atoms with van der Waals surface area (Å²) >= 11 is 3.44. The predicted octanol–water partition coefficient (Wildman–Crippen LogP) is 4.94. The minimum Gasteiger partial charge on any atom is -0.497 e. The summed E-state index contributed by atoms with van der Waals surface area (Å²) in [6.45, 7) is 10.8. The van der Waals surface area contributed by atoms with Crippen molar-refractivity contribution in [2.24, 2.45) is 5.73 Å². The van der Waals surface area contributed by atoms with E-state index in [-0.39, 0.29) is 0 Å². The Hall–Kier alpha value is -1.52. The molecule has 0 aliphatic heterocycles. The molecule has 0 aromatic heterocycles. The van der Waals surface area contributed by atoms with E-state index < -0.39 is 0 Å². The first-order valence-electron chi connectivity index (χ1n) is 7.28. The Morgan fingerprint density at radius 1 is 1.27 bits per heavy atom. The van der Waals surface area contributed by atoms with Gasteiger partial charge in [-0.05, 0) is 52.2 Å². The van der Waals surface area contributed by atoms with Crippen LogP contribution < -0.4 is 10.5 Å². The molecule has 1 aromatic rings. The van der Waals surface area contributed by atoms with Gasteiger partial charge in [-0.3, -0.25) is 0 Å². The zero-order valence-corrected chi connectivity index (χ0v) is 15.4. The lowest BCUT2D eigenvalue weighted by Crippen LogP contribution is -2.01. The van der Waals surface area contributed by atoms with Gasteiger partial charge in [0.15, 0.2) is 0 Å². The molecule has 0 aliphatic rings. The van der Waals surface area contributed by atoms with Crippen LogP contribution in [0.4, 0.5) is 0 Å². The second-order valence-corrected chi connectivity index (χ2v) is 4.97. The molecule has 4 heteroatoms. The fourth-order valence-corrected chi connectivity index (χ4v) is 1.87. The van der Waals surface area contributed by atoms with Crippen LogP contribution in [0.15, 0.2) is 58.8 Å². The van der Waals surface area contributed by atoms with Gasteiger partial charge in [-0.2, -0.15) is 0 Å². The van der Waals surface area contributed by atoms with Crippen molar-refractivity contribution < 1.29 is 9.47 Å². The van der Waals surface area contributed by atoms with Crippen LogP contribution in [0, 0.1) is 0 Å². The summed E-state index contributed by atoms with van der Waals surface area (Å²) in [5.41, 5.74) is 7.68. The highest BCUT2D eigenvalue weighted by Crippen LogP contribution is 2.21. The van der Waals surface area contributed by atoms with Gasteiger partial charge in [-0.1, -0.05) is 38.6 Å². The number of nitrogens with two attached hydrogens (primary N) is 1.